The van der Waals surface area contributed by atoms with E-state index in [1.165, 1.54) is 44.6 Å². The van der Waals surface area contributed by atoms with Crippen LogP contribution in [0.15, 0.2) is 18.3 Å². The lowest BCUT2D eigenvalue weighted by molar-refractivity contribution is 0.176. The van der Waals surface area contributed by atoms with E-state index in [1.54, 1.807) is 0 Å². The number of piperidine rings is 1. The van der Waals surface area contributed by atoms with Gasteiger partial charge in [0.05, 0.1) is 11.4 Å². The van der Waals surface area contributed by atoms with Crippen LogP contribution in [0.4, 0.5) is 5.69 Å². The number of pyridine rings is 1. The van der Waals surface area contributed by atoms with E-state index in [1.807, 2.05) is 12.3 Å². The van der Waals surface area contributed by atoms with E-state index in [0.717, 1.165) is 11.6 Å². The van der Waals surface area contributed by atoms with Crippen LogP contribution in [0.25, 0.3) is 0 Å². The molecule has 1 fully saturated rings. The summed E-state index contributed by atoms with van der Waals surface area (Å²) in [6.45, 7) is 10.4. The summed E-state index contributed by atoms with van der Waals surface area (Å²) in [5.74, 6) is 0.785. The van der Waals surface area contributed by atoms with Crippen molar-refractivity contribution in [3.63, 3.8) is 0 Å². The SMILES string of the molecule is CCCN1CCC(C(C)Nc2cccnc2C)CC1. The predicted molar refractivity (Wildman–Crippen MR) is 81.5 cm³/mol. The quantitative estimate of drug-likeness (QED) is 0.881. The fourth-order valence-electron chi connectivity index (χ4n) is 2.99. The van der Waals surface area contributed by atoms with Crippen LogP contribution in [0.1, 0.15) is 38.8 Å². The van der Waals surface area contributed by atoms with E-state index >= 15 is 0 Å². The lowest BCUT2D eigenvalue weighted by atomic mass is 9.90. The van der Waals surface area contributed by atoms with Gasteiger partial charge in [0, 0.05) is 12.2 Å². The molecule has 1 aromatic heterocycles. The lowest BCUT2D eigenvalue weighted by Gasteiger charge is -2.35. The molecule has 0 amide bonds. The van der Waals surface area contributed by atoms with E-state index in [-0.39, 0.29) is 0 Å². The Labute approximate surface area is 117 Å². The Hall–Kier alpha value is -1.09. The summed E-state index contributed by atoms with van der Waals surface area (Å²) in [5, 5.41) is 3.65. The monoisotopic (exact) mass is 261 g/mol. The van der Waals surface area contributed by atoms with E-state index in [0.29, 0.717) is 6.04 Å². The Morgan fingerprint density at radius 3 is 2.79 bits per heavy atom. The normalized spacial score (nSPS) is 19.3. The van der Waals surface area contributed by atoms with Crippen LogP contribution in [0, 0.1) is 12.8 Å². The van der Waals surface area contributed by atoms with Gasteiger partial charge in [-0.05, 0) is 70.8 Å². The number of nitrogens with one attached hydrogen (secondary N) is 1. The number of likely N-dealkylation sites (tertiary alicyclic amines) is 1. The highest BCUT2D eigenvalue weighted by atomic mass is 15.1. The number of rotatable bonds is 5. The molecule has 2 rings (SSSR count). The maximum absolute atomic E-state index is 4.34. The molecule has 0 bridgehead atoms. The number of hydrogen-bond acceptors (Lipinski definition) is 3. The fourth-order valence-corrected chi connectivity index (χ4v) is 2.99. The highest BCUT2D eigenvalue weighted by molar-refractivity contribution is 5.47. The third kappa shape index (κ3) is 3.93. The lowest BCUT2D eigenvalue weighted by Crippen LogP contribution is -2.39. The molecule has 1 aliphatic heterocycles. The molecule has 3 nitrogen and oxygen atoms in total. The average molecular weight is 261 g/mol. The van der Waals surface area contributed by atoms with Gasteiger partial charge in [-0.25, -0.2) is 0 Å². The van der Waals surface area contributed by atoms with Crippen LogP contribution in [0.2, 0.25) is 0 Å². The molecule has 0 radical (unpaired) electrons. The van der Waals surface area contributed by atoms with Crippen LogP contribution in [-0.2, 0) is 0 Å². The second kappa shape index (κ2) is 6.90. The Balaban J connectivity index is 1.85. The predicted octanol–water partition coefficient (Wildman–Crippen LogP) is 3.31. The molecular formula is C16H27N3. The van der Waals surface area contributed by atoms with E-state index in [9.17, 15) is 0 Å². The maximum Gasteiger partial charge on any atom is 0.0603 e. The Morgan fingerprint density at radius 1 is 1.42 bits per heavy atom. The van der Waals surface area contributed by atoms with Crippen molar-refractivity contribution in [3.05, 3.63) is 24.0 Å². The summed E-state index contributed by atoms with van der Waals surface area (Å²) in [4.78, 5) is 6.94. The van der Waals surface area contributed by atoms with Crippen molar-refractivity contribution in [3.8, 4) is 0 Å². The highest BCUT2D eigenvalue weighted by Crippen LogP contribution is 2.24. The van der Waals surface area contributed by atoms with Gasteiger partial charge in [0.2, 0.25) is 0 Å². The van der Waals surface area contributed by atoms with E-state index in [2.05, 4.69) is 42.0 Å². The summed E-state index contributed by atoms with van der Waals surface area (Å²) in [6, 6.07) is 4.67. The van der Waals surface area contributed by atoms with Gasteiger partial charge in [-0.3, -0.25) is 4.98 Å². The molecule has 0 saturated carbocycles. The molecule has 1 unspecified atom stereocenters. The minimum atomic E-state index is 0.534. The summed E-state index contributed by atoms with van der Waals surface area (Å²) in [5.41, 5.74) is 2.28. The second-order valence-corrected chi connectivity index (χ2v) is 5.75. The minimum Gasteiger partial charge on any atom is -0.381 e. The van der Waals surface area contributed by atoms with Crippen molar-refractivity contribution in [1.82, 2.24) is 9.88 Å². The molecule has 106 valence electrons. The van der Waals surface area contributed by atoms with Gasteiger partial charge in [-0.15, -0.1) is 0 Å². The molecule has 0 aromatic carbocycles. The van der Waals surface area contributed by atoms with Crippen LogP contribution >= 0.6 is 0 Å². The molecule has 1 N–H and O–H groups in total. The summed E-state index contributed by atoms with van der Waals surface area (Å²) in [7, 11) is 0. The number of hydrogen-bond donors (Lipinski definition) is 1. The fraction of sp³-hybridized carbons (Fsp3) is 0.688. The molecule has 3 heteroatoms. The van der Waals surface area contributed by atoms with Gasteiger partial charge in [0.25, 0.3) is 0 Å². The molecule has 1 aliphatic rings. The van der Waals surface area contributed by atoms with E-state index < -0.39 is 0 Å². The van der Waals surface area contributed by atoms with Gasteiger partial charge in [-0.1, -0.05) is 6.92 Å². The average Bonchev–Trinajstić information content (AvgIpc) is 2.42. The molecule has 19 heavy (non-hydrogen) atoms. The first-order chi connectivity index (χ1) is 9.20. The van der Waals surface area contributed by atoms with Crippen molar-refractivity contribution >= 4 is 5.69 Å². The largest absolute Gasteiger partial charge is 0.381 e. The summed E-state index contributed by atoms with van der Waals surface area (Å²) >= 11 is 0. The number of aromatic nitrogens is 1. The first-order valence-corrected chi connectivity index (χ1v) is 7.61. The van der Waals surface area contributed by atoms with Crippen molar-refractivity contribution in [2.75, 3.05) is 25.0 Å². The third-order valence-electron chi connectivity index (χ3n) is 4.27. The Bertz CT molecular complexity index is 383. The van der Waals surface area contributed by atoms with Crippen molar-refractivity contribution in [2.45, 2.75) is 46.1 Å². The highest BCUT2D eigenvalue weighted by Gasteiger charge is 2.23. The van der Waals surface area contributed by atoms with Gasteiger partial charge in [-0.2, -0.15) is 0 Å². The zero-order valence-electron chi connectivity index (χ0n) is 12.5. The zero-order valence-corrected chi connectivity index (χ0v) is 12.5. The maximum atomic E-state index is 4.34. The topological polar surface area (TPSA) is 28.2 Å². The van der Waals surface area contributed by atoms with Crippen LogP contribution in [0.5, 0.6) is 0 Å². The molecule has 2 heterocycles. The summed E-state index contributed by atoms with van der Waals surface area (Å²) < 4.78 is 0. The Kier molecular flexibility index (Phi) is 5.20. The first kappa shape index (κ1) is 14.3. The van der Waals surface area contributed by atoms with Gasteiger partial charge in [0.15, 0.2) is 0 Å². The van der Waals surface area contributed by atoms with Gasteiger partial charge >= 0.3 is 0 Å². The van der Waals surface area contributed by atoms with Gasteiger partial charge < -0.3 is 10.2 Å². The van der Waals surface area contributed by atoms with Crippen LogP contribution < -0.4 is 5.32 Å². The second-order valence-electron chi connectivity index (χ2n) is 5.75. The Morgan fingerprint density at radius 2 is 2.16 bits per heavy atom. The molecule has 0 spiro atoms. The van der Waals surface area contributed by atoms with E-state index in [4.69, 9.17) is 0 Å². The standard InChI is InChI=1S/C16H27N3/c1-4-10-19-11-7-15(8-12-19)13(2)18-16-6-5-9-17-14(16)3/h5-6,9,13,15,18H,4,7-8,10-12H2,1-3H3. The van der Waals surface area contributed by atoms with Crippen molar-refractivity contribution in [1.29, 1.82) is 0 Å². The third-order valence-corrected chi connectivity index (χ3v) is 4.27. The molecule has 1 aromatic rings. The summed E-state index contributed by atoms with van der Waals surface area (Å²) in [6.07, 6.45) is 5.75. The first-order valence-electron chi connectivity index (χ1n) is 7.61. The minimum absolute atomic E-state index is 0.534. The molecular weight excluding hydrogens is 234 g/mol. The number of nitrogens with zero attached hydrogens (tertiary/aromatic N) is 2. The molecule has 1 atom stereocenters. The van der Waals surface area contributed by atoms with Crippen molar-refractivity contribution < 1.29 is 0 Å². The van der Waals surface area contributed by atoms with Crippen LogP contribution in [-0.4, -0.2) is 35.6 Å². The number of aryl methyl sites for hydroxylation is 1. The smallest absolute Gasteiger partial charge is 0.0603 e. The molecule has 1 saturated heterocycles. The number of anilines is 1. The zero-order chi connectivity index (χ0) is 13.7. The van der Waals surface area contributed by atoms with Crippen LogP contribution in [0.3, 0.4) is 0 Å². The molecule has 0 aliphatic carbocycles. The van der Waals surface area contributed by atoms with Gasteiger partial charge in [0.1, 0.15) is 0 Å². The van der Waals surface area contributed by atoms with Crippen molar-refractivity contribution in [2.24, 2.45) is 5.92 Å².